The van der Waals surface area contributed by atoms with Crippen molar-refractivity contribution >= 4 is 18.2 Å². The van der Waals surface area contributed by atoms with Crippen LogP contribution < -0.4 is 5.32 Å². The SMILES string of the molecule is O=C(O)CN(CCNC(=O)OCC1c2ccccc2-c2ccccc21)C(=O)OC1c2ccccc2-c2ccccc21. The van der Waals surface area contributed by atoms with E-state index in [-0.39, 0.29) is 25.6 Å². The Balaban J connectivity index is 1.07. The molecule has 0 saturated heterocycles. The third kappa shape index (κ3) is 5.12. The van der Waals surface area contributed by atoms with Crippen molar-refractivity contribution in [2.24, 2.45) is 0 Å². The number of nitrogens with zero attached hydrogens (tertiary/aromatic N) is 1. The average Bonchev–Trinajstić information content (AvgIpc) is 3.48. The predicted molar refractivity (Wildman–Crippen MR) is 152 cm³/mol. The number of hydrogen-bond acceptors (Lipinski definition) is 5. The van der Waals surface area contributed by atoms with Gasteiger partial charge in [-0.1, -0.05) is 97.1 Å². The number of ether oxygens (including phenoxy) is 2. The van der Waals surface area contributed by atoms with Crippen LogP contribution in [0.3, 0.4) is 0 Å². The smallest absolute Gasteiger partial charge is 0.411 e. The van der Waals surface area contributed by atoms with Crippen LogP contribution in [0.2, 0.25) is 0 Å². The van der Waals surface area contributed by atoms with Crippen molar-refractivity contribution in [3.63, 3.8) is 0 Å². The van der Waals surface area contributed by atoms with Crippen molar-refractivity contribution < 1.29 is 29.0 Å². The Kier molecular flexibility index (Phi) is 7.12. The molecule has 8 nitrogen and oxygen atoms in total. The van der Waals surface area contributed by atoms with E-state index in [1.807, 2.05) is 84.9 Å². The van der Waals surface area contributed by atoms with E-state index in [0.717, 1.165) is 49.4 Å². The summed E-state index contributed by atoms with van der Waals surface area (Å²) in [4.78, 5) is 38.3. The van der Waals surface area contributed by atoms with Crippen molar-refractivity contribution in [3.8, 4) is 22.3 Å². The second-order valence-electron chi connectivity index (χ2n) is 10.0. The Morgan fingerprint density at radius 3 is 1.68 bits per heavy atom. The predicted octanol–water partition coefficient (Wildman–Crippen LogP) is 5.82. The third-order valence-electron chi connectivity index (χ3n) is 7.57. The number of amides is 2. The monoisotopic (exact) mass is 548 g/mol. The van der Waals surface area contributed by atoms with Gasteiger partial charge in [0, 0.05) is 30.1 Å². The molecule has 0 saturated carbocycles. The third-order valence-corrected chi connectivity index (χ3v) is 7.57. The highest BCUT2D eigenvalue weighted by molar-refractivity contribution is 5.82. The lowest BCUT2D eigenvalue weighted by atomic mass is 9.98. The molecule has 0 heterocycles. The van der Waals surface area contributed by atoms with Crippen LogP contribution in [0.15, 0.2) is 97.1 Å². The molecular formula is C33H28N2O6. The number of benzene rings is 4. The maximum Gasteiger partial charge on any atom is 0.411 e. The second kappa shape index (κ2) is 11.2. The molecule has 2 aliphatic rings. The van der Waals surface area contributed by atoms with E-state index in [4.69, 9.17) is 9.47 Å². The Morgan fingerprint density at radius 1 is 0.707 bits per heavy atom. The number of carbonyl (C=O) groups excluding carboxylic acids is 2. The number of rotatable bonds is 8. The van der Waals surface area contributed by atoms with Crippen LogP contribution in [0.4, 0.5) is 9.59 Å². The number of aliphatic carboxylic acids is 1. The summed E-state index contributed by atoms with van der Waals surface area (Å²) in [7, 11) is 0. The molecule has 6 rings (SSSR count). The number of hydrogen-bond donors (Lipinski definition) is 2. The van der Waals surface area contributed by atoms with Gasteiger partial charge >= 0.3 is 18.2 Å². The molecule has 206 valence electrons. The maximum atomic E-state index is 13.2. The summed E-state index contributed by atoms with van der Waals surface area (Å²) in [6, 6.07) is 31.4. The van der Waals surface area contributed by atoms with Gasteiger partial charge in [-0.05, 0) is 33.4 Å². The van der Waals surface area contributed by atoms with Crippen molar-refractivity contribution in [2.75, 3.05) is 26.2 Å². The van der Waals surface area contributed by atoms with Gasteiger partial charge in [0.05, 0.1) is 0 Å². The minimum atomic E-state index is -1.18. The normalized spacial score (nSPS) is 13.0. The van der Waals surface area contributed by atoms with E-state index >= 15 is 0 Å². The molecule has 41 heavy (non-hydrogen) atoms. The zero-order chi connectivity index (χ0) is 28.3. The summed E-state index contributed by atoms with van der Waals surface area (Å²) in [6.07, 6.45) is -2.08. The van der Waals surface area contributed by atoms with E-state index in [1.165, 1.54) is 0 Å². The fraction of sp³-hybridized carbons (Fsp3) is 0.182. The summed E-state index contributed by atoms with van der Waals surface area (Å²) in [5.74, 6) is -1.26. The van der Waals surface area contributed by atoms with Crippen LogP contribution in [0, 0.1) is 0 Å². The van der Waals surface area contributed by atoms with E-state index in [0.29, 0.717) is 0 Å². The van der Waals surface area contributed by atoms with E-state index < -0.39 is 30.8 Å². The molecule has 4 aromatic rings. The molecule has 0 atom stereocenters. The van der Waals surface area contributed by atoms with Crippen molar-refractivity contribution in [1.82, 2.24) is 10.2 Å². The summed E-state index contributed by atoms with van der Waals surface area (Å²) < 4.78 is 11.4. The molecule has 2 N–H and O–H groups in total. The summed E-state index contributed by atoms with van der Waals surface area (Å²) in [5, 5.41) is 12.1. The van der Waals surface area contributed by atoms with Crippen molar-refractivity contribution in [2.45, 2.75) is 12.0 Å². The first kappa shape index (κ1) is 26.1. The largest absolute Gasteiger partial charge is 0.480 e. The quantitative estimate of drug-likeness (QED) is 0.288. The molecule has 8 heteroatoms. The van der Waals surface area contributed by atoms with Crippen LogP contribution in [-0.4, -0.2) is 54.4 Å². The number of carboxylic acid groups (broad SMARTS) is 1. The van der Waals surface area contributed by atoms with Gasteiger partial charge < -0.3 is 19.9 Å². The van der Waals surface area contributed by atoms with E-state index in [9.17, 15) is 19.5 Å². The van der Waals surface area contributed by atoms with Crippen molar-refractivity contribution in [1.29, 1.82) is 0 Å². The number of carbonyl (C=O) groups is 3. The molecule has 0 bridgehead atoms. The first-order valence-electron chi connectivity index (χ1n) is 13.5. The van der Waals surface area contributed by atoms with Crippen molar-refractivity contribution in [3.05, 3.63) is 119 Å². The zero-order valence-electron chi connectivity index (χ0n) is 22.2. The molecule has 4 aromatic carbocycles. The minimum absolute atomic E-state index is 0.00308. The van der Waals surface area contributed by atoms with Crippen LogP contribution >= 0.6 is 0 Å². The second-order valence-corrected chi connectivity index (χ2v) is 10.0. The van der Waals surface area contributed by atoms with Gasteiger partial charge in [0.25, 0.3) is 0 Å². The van der Waals surface area contributed by atoms with Gasteiger partial charge in [-0.3, -0.25) is 9.69 Å². The molecule has 0 radical (unpaired) electrons. The van der Waals surface area contributed by atoms with Gasteiger partial charge in [0.15, 0.2) is 6.10 Å². The van der Waals surface area contributed by atoms with Crippen LogP contribution in [0.5, 0.6) is 0 Å². The summed E-state index contributed by atoms with van der Waals surface area (Å²) >= 11 is 0. The molecule has 2 amide bonds. The fourth-order valence-corrected chi connectivity index (χ4v) is 5.75. The Morgan fingerprint density at radius 2 is 1.17 bits per heavy atom. The van der Waals surface area contributed by atoms with Gasteiger partial charge in [0.2, 0.25) is 0 Å². The first-order chi connectivity index (χ1) is 20.0. The number of nitrogens with one attached hydrogen (secondary N) is 1. The van der Waals surface area contributed by atoms with Crippen LogP contribution in [0.1, 0.15) is 34.3 Å². The van der Waals surface area contributed by atoms with Gasteiger partial charge in [-0.2, -0.15) is 0 Å². The lowest BCUT2D eigenvalue weighted by Crippen LogP contribution is -2.42. The van der Waals surface area contributed by atoms with E-state index in [1.54, 1.807) is 0 Å². The van der Waals surface area contributed by atoms with Gasteiger partial charge in [0.1, 0.15) is 13.2 Å². The number of alkyl carbamates (subject to hydrolysis) is 1. The Hall–Kier alpha value is -5.11. The highest BCUT2D eigenvalue weighted by Crippen LogP contribution is 2.46. The zero-order valence-corrected chi connectivity index (χ0v) is 22.2. The maximum absolute atomic E-state index is 13.2. The van der Waals surface area contributed by atoms with Gasteiger partial charge in [-0.15, -0.1) is 0 Å². The minimum Gasteiger partial charge on any atom is -0.480 e. The molecule has 0 fully saturated rings. The summed E-state index contributed by atoms with van der Waals surface area (Å²) in [6.45, 7) is -0.481. The molecule has 0 aliphatic heterocycles. The molecule has 0 spiro atoms. The standard InChI is InChI=1S/C33H28N2O6/c36-30(37)19-35(33(39)41-31-27-15-7-5-11-23(27)24-12-6-8-16-28(24)31)18-17-34-32(38)40-20-29-25-13-3-1-9-21(25)22-10-2-4-14-26(22)29/h1-16,29,31H,17-20H2,(H,34,38)(H,36,37). The first-order valence-corrected chi connectivity index (χ1v) is 13.5. The Labute approximate surface area is 237 Å². The van der Waals surface area contributed by atoms with Gasteiger partial charge in [-0.25, -0.2) is 9.59 Å². The summed E-state index contributed by atoms with van der Waals surface area (Å²) in [5.41, 5.74) is 8.10. The molecule has 0 unspecified atom stereocenters. The number of carboxylic acids is 1. The lowest BCUT2D eigenvalue weighted by Gasteiger charge is -2.23. The van der Waals surface area contributed by atoms with Crippen LogP contribution in [-0.2, 0) is 14.3 Å². The topological polar surface area (TPSA) is 105 Å². The van der Waals surface area contributed by atoms with Crippen LogP contribution in [0.25, 0.3) is 22.3 Å². The Bertz CT molecular complexity index is 1540. The molecular weight excluding hydrogens is 520 g/mol. The number of fused-ring (bicyclic) bond motifs is 6. The fourth-order valence-electron chi connectivity index (χ4n) is 5.75. The molecule has 0 aromatic heterocycles. The highest BCUT2D eigenvalue weighted by Gasteiger charge is 2.33. The lowest BCUT2D eigenvalue weighted by molar-refractivity contribution is -0.138. The average molecular weight is 549 g/mol. The highest BCUT2D eigenvalue weighted by atomic mass is 16.6. The molecule has 2 aliphatic carbocycles. The van der Waals surface area contributed by atoms with E-state index in [2.05, 4.69) is 17.4 Å².